The van der Waals surface area contributed by atoms with Crippen molar-refractivity contribution < 1.29 is 9.59 Å². The molecule has 1 fully saturated rings. The number of nitrogens with zero attached hydrogens (tertiary/aromatic N) is 1. The van der Waals surface area contributed by atoms with Gasteiger partial charge >= 0.3 is 0 Å². The van der Waals surface area contributed by atoms with Crippen LogP contribution < -0.4 is 10.6 Å². The normalized spacial score (nSPS) is 18.7. The Bertz CT molecular complexity index is 901. The fourth-order valence-electron chi connectivity index (χ4n) is 4.13. The predicted octanol–water partition coefficient (Wildman–Crippen LogP) is 4.23. The lowest BCUT2D eigenvalue weighted by Crippen LogP contribution is -2.36. The SMILES string of the molecule is CC(=O)Nc1cccc(-c2ccccc2C2CCCCC2C(=O)NCC#N)c1. The molecule has 2 amide bonds. The Hall–Kier alpha value is -3.13. The predicted molar refractivity (Wildman–Crippen MR) is 110 cm³/mol. The molecular weight excluding hydrogens is 350 g/mol. The van der Waals surface area contributed by atoms with Gasteiger partial charge in [-0.25, -0.2) is 0 Å². The number of nitriles is 1. The third kappa shape index (κ3) is 4.58. The van der Waals surface area contributed by atoms with Gasteiger partial charge in [-0.15, -0.1) is 0 Å². The van der Waals surface area contributed by atoms with E-state index >= 15 is 0 Å². The van der Waals surface area contributed by atoms with Gasteiger partial charge in [0.05, 0.1) is 6.07 Å². The minimum absolute atomic E-state index is 0.0342. The van der Waals surface area contributed by atoms with E-state index < -0.39 is 0 Å². The molecule has 2 aromatic rings. The lowest BCUT2D eigenvalue weighted by molar-refractivity contribution is -0.126. The summed E-state index contributed by atoms with van der Waals surface area (Å²) in [6.45, 7) is 1.54. The summed E-state index contributed by atoms with van der Waals surface area (Å²) < 4.78 is 0. The first-order valence-corrected chi connectivity index (χ1v) is 9.71. The fraction of sp³-hybridized carbons (Fsp3) is 0.348. The first kappa shape index (κ1) is 19.6. The van der Waals surface area contributed by atoms with Gasteiger partial charge in [0.25, 0.3) is 0 Å². The Morgan fingerprint density at radius 1 is 1.11 bits per heavy atom. The maximum atomic E-state index is 12.7. The van der Waals surface area contributed by atoms with Crippen LogP contribution in [0.4, 0.5) is 5.69 Å². The van der Waals surface area contributed by atoms with Crippen LogP contribution in [0.5, 0.6) is 0 Å². The number of benzene rings is 2. The Labute approximate surface area is 165 Å². The average molecular weight is 375 g/mol. The molecule has 1 aliphatic rings. The molecule has 5 heteroatoms. The highest BCUT2D eigenvalue weighted by atomic mass is 16.2. The van der Waals surface area contributed by atoms with Crippen molar-refractivity contribution in [1.29, 1.82) is 5.26 Å². The van der Waals surface area contributed by atoms with E-state index in [4.69, 9.17) is 5.26 Å². The minimum Gasteiger partial charge on any atom is -0.343 e. The maximum Gasteiger partial charge on any atom is 0.224 e. The molecule has 2 aromatic carbocycles. The quantitative estimate of drug-likeness (QED) is 0.768. The van der Waals surface area contributed by atoms with Gasteiger partial charge in [0.1, 0.15) is 6.54 Å². The molecule has 1 saturated carbocycles. The summed E-state index contributed by atoms with van der Waals surface area (Å²) in [7, 11) is 0. The van der Waals surface area contributed by atoms with Crippen LogP contribution in [-0.4, -0.2) is 18.4 Å². The molecule has 0 aliphatic heterocycles. The average Bonchev–Trinajstić information content (AvgIpc) is 2.71. The maximum absolute atomic E-state index is 12.7. The number of rotatable bonds is 5. The number of nitrogens with one attached hydrogen (secondary N) is 2. The molecule has 5 nitrogen and oxygen atoms in total. The monoisotopic (exact) mass is 375 g/mol. The highest BCUT2D eigenvalue weighted by Gasteiger charge is 2.33. The topological polar surface area (TPSA) is 82.0 Å². The molecular formula is C23H25N3O2. The number of anilines is 1. The van der Waals surface area contributed by atoms with Crippen molar-refractivity contribution in [1.82, 2.24) is 5.32 Å². The minimum atomic E-state index is -0.123. The Morgan fingerprint density at radius 3 is 2.68 bits per heavy atom. The summed E-state index contributed by atoms with van der Waals surface area (Å²) in [6.07, 6.45) is 3.91. The third-order valence-corrected chi connectivity index (χ3v) is 5.30. The first-order valence-electron chi connectivity index (χ1n) is 9.71. The Kier molecular flexibility index (Phi) is 6.44. The van der Waals surface area contributed by atoms with Gasteiger partial charge in [0.2, 0.25) is 11.8 Å². The van der Waals surface area contributed by atoms with E-state index in [-0.39, 0.29) is 30.2 Å². The second-order valence-corrected chi connectivity index (χ2v) is 7.22. The number of hydrogen-bond acceptors (Lipinski definition) is 3. The van der Waals surface area contributed by atoms with Crippen molar-refractivity contribution in [3.05, 3.63) is 54.1 Å². The van der Waals surface area contributed by atoms with Crippen LogP contribution in [0.25, 0.3) is 11.1 Å². The zero-order chi connectivity index (χ0) is 19.9. The number of carbonyl (C=O) groups is 2. The van der Waals surface area contributed by atoms with Crippen molar-refractivity contribution >= 4 is 17.5 Å². The van der Waals surface area contributed by atoms with E-state index in [0.29, 0.717) is 0 Å². The summed E-state index contributed by atoms with van der Waals surface area (Å²) in [5, 5.41) is 14.4. The van der Waals surface area contributed by atoms with Gasteiger partial charge < -0.3 is 10.6 Å². The van der Waals surface area contributed by atoms with E-state index in [0.717, 1.165) is 48.1 Å². The second kappa shape index (κ2) is 9.18. The second-order valence-electron chi connectivity index (χ2n) is 7.22. The van der Waals surface area contributed by atoms with E-state index in [1.54, 1.807) is 0 Å². The largest absolute Gasteiger partial charge is 0.343 e. The summed E-state index contributed by atoms with van der Waals surface area (Å²) in [5.74, 6) is -0.144. The smallest absolute Gasteiger partial charge is 0.224 e. The number of carbonyl (C=O) groups excluding carboxylic acids is 2. The van der Waals surface area contributed by atoms with E-state index in [1.807, 2.05) is 42.5 Å². The van der Waals surface area contributed by atoms with E-state index in [9.17, 15) is 9.59 Å². The molecule has 1 aliphatic carbocycles. The zero-order valence-electron chi connectivity index (χ0n) is 16.1. The molecule has 2 unspecified atom stereocenters. The lowest BCUT2D eigenvalue weighted by Gasteiger charge is -2.32. The van der Waals surface area contributed by atoms with Crippen LogP contribution >= 0.6 is 0 Å². The number of hydrogen-bond donors (Lipinski definition) is 2. The summed E-state index contributed by atoms with van der Waals surface area (Å²) in [5.41, 5.74) is 4.01. The van der Waals surface area contributed by atoms with Crippen LogP contribution in [0.3, 0.4) is 0 Å². The third-order valence-electron chi connectivity index (χ3n) is 5.30. The highest BCUT2D eigenvalue weighted by Crippen LogP contribution is 2.42. The summed E-state index contributed by atoms with van der Waals surface area (Å²) >= 11 is 0. The Balaban J connectivity index is 1.96. The molecule has 2 atom stereocenters. The van der Waals surface area contributed by atoms with E-state index in [2.05, 4.69) is 22.8 Å². The molecule has 0 radical (unpaired) electrons. The van der Waals surface area contributed by atoms with Gasteiger partial charge in [-0.1, -0.05) is 49.2 Å². The standard InChI is InChI=1S/C23H25N3O2/c1-16(27)26-18-8-6-7-17(15-18)19-9-2-3-10-20(19)21-11-4-5-12-22(21)23(28)25-14-13-24/h2-3,6-10,15,21-22H,4-5,11-12,14H2,1H3,(H,25,28)(H,26,27). The lowest BCUT2D eigenvalue weighted by atomic mass is 9.73. The van der Waals surface area contributed by atoms with Crippen LogP contribution in [0, 0.1) is 17.2 Å². The zero-order valence-corrected chi connectivity index (χ0v) is 16.1. The van der Waals surface area contributed by atoms with Crippen LogP contribution in [0.1, 0.15) is 44.1 Å². The molecule has 144 valence electrons. The van der Waals surface area contributed by atoms with Crippen molar-refractivity contribution in [3.8, 4) is 17.2 Å². The van der Waals surface area contributed by atoms with Gasteiger partial charge in [0, 0.05) is 18.5 Å². The fourth-order valence-corrected chi connectivity index (χ4v) is 4.13. The van der Waals surface area contributed by atoms with Crippen LogP contribution in [-0.2, 0) is 9.59 Å². The van der Waals surface area contributed by atoms with Gasteiger partial charge in [-0.2, -0.15) is 5.26 Å². The first-order chi connectivity index (χ1) is 13.6. The van der Waals surface area contributed by atoms with Crippen molar-refractivity contribution in [2.75, 3.05) is 11.9 Å². The van der Waals surface area contributed by atoms with Crippen molar-refractivity contribution in [2.45, 2.75) is 38.5 Å². The van der Waals surface area contributed by atoms with Crippen molar-refractivity contribution in [2.24, 2.45) is 5.92 Å². The molecule has 0 saturated heterocycles. The molecule has 2 N–H and O–H groups in total. The Morgan fingerprint density at radius 2 is 1.89 bits per heavy atom. The molecule has 0 heterocycles. The molecule has 28 heavy (non-hydrogen) atoms. The van der Waals surface area contributed by atoms with Gasteiger partial charge in [-0.3, -0.25) is 9.59 Å². The molecule has 3 rings (SSSR count). The van der Waals surface area contributed by atoms with Crippen molar-refractivity contribution in [3.63, 3.8) is 0 Å². The van der Waals surface area contributed by atoms with Crippen LogP contribution in [0.15, 0.2) is 48.5 Å². The number of amides is 2. The summed E-state index contributed by atoms with van der Waals surface area (Å²) in [4.78, 5) is 24.1. The molecule has 0 spiro atoms. The summed E-state index contributed by atoms with van der Waals surface area (Å²) in [6, 6.07) is 17.9. The highest BCUT2D eigenvalue weighted by molar-refractivity contribution is 5.89. The van der Waals surface area contributed by atoms with Gasteiger partial charge in [-0.05, 0) is 47.6 Å². The van der Waals surface area contributed by atoms with Crippen LogP contribution in [0.2, 0.25) is 0 Å². The molecule has 0 bridgehead atoms. The molecule has 0 aromatic heterocycles. The van der Waals surface area contributed by atoms with E-state index in [1.165, 1.54) is 6.92 Å². The van der Waals surface area contributed by atoms with Gasteiger partial charge in [0.15, 0.2) is 0 Å².